The van der Waals surface area contributed by atoms with Crippen molar-refractivity contribution in [3.63, 3.8) is 0 Å². The highest BCUT2D eigenvalue weighted by molar-refractivity contribution is 5.75. The molecule has 0 bridgehead atoms. The van der Waals surface area contributed by atoms with Crippen molar-refractivity contribution in [3.05, 3.63) is 12.3 Å². The quantitative estimate of drug-likeness (QED) is 0.675. The molecule has 13 heavy (non-hydrogen) atoms. The Bertz CT molecular complexity index is 183. The van der Waals surface area contributed by atoms with Gasteiger partial charge in [-0.05, 0) is 19.8 Å². The molecule has 0 aromatic carbocycles. The van der Waals surface area contributed by atoms with Gasteiger partial charge in [-0.3, -0.25) is 0 Å². The zero-order valence-electron chi connectivity index (χ0n) is 8.18. The summed E-state index contributed by atoms with van der Waals surface area (Å²) in [6, 6.07) is 0.309. The number of amides is 2. The maximum absolute atomic E-state index is 11.2. The van der Waals surface area contributed by atoms with Gasteiger partial charge in [0.25, 0.3) is 0 Å². The molecule has 2 N–H and O–H groups in total. The monoisotopic (exact) mass is 182 g/mol. The van der Waals surface area contributed by atoms with E-state index in [4.69, 9.17) is 0 Å². The second kappa shape index (κ2) is 5.62. The van der Waals surface area contributed by atoms with E-state index in [1.807, 2.05) is 6.92 Å². The summed E-state index contributed by atoms with van der Waals surface area (Å²) in [5.41, 5.74) is 0. The number of nitrogens with one attached hydrogen (secondary N) is 2. The van der Waals surface area contributed by atoms with Crippen molar-refractivity contribution in [1.29, 1.82) is 0 Å². The minimum atomic E-state index is -0.0787. The summed E-state index contributed by atoms with van der Waals surface area (Å²) >= 11 is 0. The van der Waals surface area contributed by atoms with Crippen molar-refractivity contribution in [1.82, 2.24) is 10.6 Å². The summed E-state index contributed by atoms with van der Waals surface area (Å²) in [6.07, 6.45) is 9.52. The largest absolute Gasteiger partial charge is 0.335 e. The SMILES string of the molecule is C/C=C/NC(=O)NC1CCCCC1. The van der Waals surface area contributed by atoms with Crippen LogP contribution in [0.25, 0.3) is 0 Å². The minimum absolute atomic E-state index is 0.0787. The normalized spacial score (nSPS) is 18.8. The summed E-state index contributed by atoms with van der Waals surface area (Å²) in [4.78, 5) is 11.2. The van der Waals surface area contributed by atoms with E-state index in [-0.39, 0.29) is 6.03 Å². The van der Waals surface area contributed by atoms with Gasteiger partial charge in [-0.2, -0.15) is 0 Å². The van der Waals surface area contributed by atoms with Crippen LogP contribution in [0.3, 0.4) is 0 Å². The van der Waals surface area contributed by atoms with Gasteiger partial charge in [-0.15, -0.1) is 0 Å². The van der Waals surface area contributed by atoms with Crippen molar-refractivity contribution in [3.8, 4) is 0 Å². The number of rotatable bonds is 2. The Kier molecular flexibility index (Phi) is 4.36. The first-order valence-corrected chi connectivity index (χ1v) is 5.01. The summed E-state index contributed by atoms with van der Waals surface area (Å²) in [7, 11) is 0. The Morgan fingerprint density at radius 1 is 1.31 bits per heavy atom. The molecule has 0 aliphatic heterocycles. The topological polar surface area (TPSA) is 41.1 Å². The van der Waals surface area contributed by atoms with Crippen LogP contribution in [-0.2, 0) is 0 Å². The zero-order valence-corrected chi connectivity index (χ0v) is 8.18. The molecule has 74 valence electrons. The molecule has 0 unspecified atom stereocenters. The summed E-state index contributed by atoms with van der Waals surface area (Å²) in [5.74, 6) is 0. The predicted molar refractivity (Wildman–Crippen MR) is 53.4 cm³/mol. The van der Waals surface area contributed by atoms with E-state index < -0.39 is 0 Å². The highest BCUT2D eigenvalue weighted by Crippen LogP contribution is 2.16. The molecule has 2 amide bonds. The van der Waals surface area contributed by atoms with E-state index in [1.165, 1.54) is 19.3 Å². The lowest BCUT2D eigenvalue weighted by atomic mass is 9.96. The van der Waals surface area contributed by atoms with E-state index in [2.05, 4.69) is 10.6 Å². The Labute approximate surface area is 79.6 Å². The number of carbonyl (C=O) groups is 1. The van der Waals surface area contributed by atoms with Crippen molar-refractivity contribution in [2.45, 2.75) is 45.1 Å². The van der Waals surface area contributed by atoms with Gasteiger partial charge in [-0.1, -0.05) is 25.3 Å². The van der Waals surface area contributed by atoms with E-state index in [9.17, 15) is 4.79 Å². The third-order valence-electron chi connectivity index (χ3n) is 2.32. The van der Waals surface area contributed by atoms with Crippen LogP contribution in [-0.4, -0.2) is 12.1 Å². The van der Waals surface area contributed by atoms with Crippen molar-refractivity contribution < 1.29 is 4.79 Å². The molecule has 1 aliphatic rings. The second-order valence-corrected chi connectivity index (χ2v) is 3.45. The molecular formula is C10H18N2O. The lowest BCUT2D eigenvalue weighted by Crippen LogP contribution is -2.40. The second-order valence-electron chi connectivity index (χ2n) is 3.45. The van der Waals surface area contributed by atoms with E-state index in [0.717, 1.165) is 12.8 Å². The van der Waals surface area contributed by atoms with Gasteiger partial charge >= 0.3 is 6.03 Å². The molecule has 0 atom stereocenters. The molecule has 0 aromatic heterocycles. The molecule has 0 radical (unpaired) electrons. The fourth-order valence-electron chi connectivity index (χ4n) is 1.63. The molecule has 1 rings (SSSR count). The van der Waals surface area contributed by atoms with Crippen LogP contribution >= 0.6 is 0 Å². The minimum Gasteiger partial charge on any atom is -0.335 e. The van der Waals surface area contributed by atoms with Crippen LogP contribution in [0, 0.1) is 0 Å². The average molecular weight is 182 g/mol. The molecule has 3 nitrogen and oxygen atoms in total. The van der Waals surface area contributed by atoms with Gasteiger partial charge in [0.15, 0.2) is 0 Å². The lowest BCUT2D eigenvalue weighted by Gasteiger charge is -2.22. The first-order chi connectivity index (χ1) is 6.33. The molecule has 0 aromatic rings. The molecule has 0 spiro atoms. The maximum atomic E-state index is 11.2. The molecule has 1 saturated carbocycles. The number of allylic oxidation sites excluding steroid dienone is 1. The smallest absolute Gasteiger partial charge is 0.318 e. The molecule has 3 heteroatoms. The van der Waals surface area contributed by atoms with Gasteiger partial charge in [0.2, 0.25) is 0 Å². The van der Waals surface area contributed by atoms with Crippen molar-refractivity contribution in [2.75, 3.05) is 0 Å². The standard InChI is InChI=1S/C10H18N2O/c1-2-8-11-10(13)12-9-6-4-3-5-7-9/h2,8-9H,3-7H2,1H3,(H2,11,12,13)/b8-2+. The Balaban J connectivity index is 2.18. The van der Waals surface area contributed by atoms with Crippen LogP contribution in [0.2, 0.25) is 0 Å². The first-order valence-electron chi connectivity index (χ1n) is 5.01. The van der Waals surface area contributed by atoms with E-state index in [0.29, 0.717) is 6.04 Å². The molecule has 0 heterocycles. The third kappa shape index (κ3) is 3.97. The predicted octanol–water partition coefficient (Wildman–Crippen LogP) is 2.15. The van der Waals surface area contributed by atoms with Gasteiger partial charge in [0, 0.05) is 12.2 Å². The van der Waals surface area contributed by atoms with E-state index >= 15 is 0 Å². The van der Waals surface area contributed by atoms with Crippen molar-refractivity contribution in [2.24, 2.45) is 0 Å². The van der Waals surface area contributed by atoms with Gasteiger partial charge in [0.1, 0.15) is 0 Å². The number of hydrogen-bond acceptors (Lipinski definition) is 1. The van der Waals surface area contributed by atoms with Crippen LogP contribution < -0.4 is 10.6 Å². The summed E-state index contributed by atoms with van der Waals surface area (Å²) < 4.78 is 0. The lowest BCUT2D eigenvalue weighted by molar-refractivity contribution is 0.236. The number of carbonyl (C=O) groups excluding carboxylic acids is 1. The maximum Gasteiger partial charge on any atom is 0.318 e. The van der Waals surface area contributed by atoms with Crippen LogP contribution in [0.4, 0.5) is 4.79 Å². The van der Waals surface area contributed by atoms with Crippen LogP contribution in [0.15, 0.2) is 12.3 Å². The Hall–Kier alpha value is -0.990. The Morgan fingerprint density at radius 2 is 2.00 bits per heavy atom. The summed E-state index contributed by atoms with van der Waals surface area (Å²) in [6.45, 7) is 1.88. The molecule has 1 aliphatic carbocycles. The first kappa shape index (κ1) is 10.1. The molecule has 0 saturated heterocycles. The van der Waals surface area contributed by atoms with Crippen LogP contribution in [0.5, 0.6) is 0 Å². The van der Waals surface area contributed by atoms with Crippen LogP contribution in [0.1, 0.15) is 39.0 Å². The third-order valence-corrected chi connectivity index (χ3v) is 2.32. The number of urea groups is 1. The zero-order chi connectivity index (χ0) is 9.52. The van der Waals surface area contributed by atoms with Gasteiger partial charge in [0.05, 0.1) is 0 Å². The van der Waals surface area contributed by atoms with Gasteiger partial charge < -0.3 is 10.6 Å². The highest BCUT2D eigenvalue weighted by Gasteiger charge is 2.14. The van der Waals surface area contributed by atoms with Crippen molar-refractivity contribution >= 4 is 6.03 Å². The molecule has 1 fully saturated rings. The molecular weight excluding hydrogens is 164 g/mol. The summed E-state index contributed by atoms with van der Waals surface area (Å²) in [5, 5.41) is 5.60. The highest BCUT2D eigenvalue weighted by atomic mass is 16.2. The number of hydrogen-bond donors (Lipinski definition) is 2. The fourth-order valence-corrected chi connectivity index (χ4v) is 1.63. The fraction of sp³-hybridized carbons (Fsp3) is 0.700. The average Bonchev–Trinajstić information content (AvgIpc) is 2.16. The van der Waals surface area contributed by atoms with Gasteiger partial charge in [-0.25, -0.2) is 4.79 Å². The van der Waals surface area contributed by atoms with E-state index in [1.54, 1.807) is 12.3 Å². The Morgan fingerprint density at radius 3 is 2.62 bits per heavy atom.